The molecule has 0 aliphatic heterocycles. The summed E-state index contributed by atoms with van der Waals surface area (Å²) in [4.78, 5) is 41.3. The van der Waals surface area contributed by atoms with Crippen molar-refractivity contribution in [2.45, 2.75) is 12.8 Å². The molecule has 0 bridgehead atoms. The number of aromatic nitrogens is 5. The minimum atomic E-state index is -0.730. The Labute approximate surface area is 190 Å². The van der Waals surface area contributed by atoms with Crippen molar-refractivity contribution in [2.24, 2.45) is 7.05 Å². The fraction of sp³-hybridized carbons (Fsp3) is 0.143. The molecule has 2 aromatic carbocycles. The van der Waals surface area contributed by atoms with Crippen LogP contribution in [0.3, 0.4) is 0 Å². The van der Waals surface area contributed by atoms with Gasteiger partial charge in [-0.1, -0.05) is 16.8 Å². The molecule has 168 valence electrons. The SMILES string of the molecule is Cn1c(=O)c(-c2noc(CCC(=O)Nc3ccc(Cl)cc3)n2)nn(-c2ccc(F)cc2)c1=O. The van der Waals surface area contributed by atoms with Crippen LogP contribution in [0.5, 0.6) is 0 Å². The van der Waals surface area contributed by atoms with Crippen LogP contribution in [0.4, 0.5) is 10.1 Å². The molecule has 0 saturated heterocycles. The summed E-state index contributed by atoms with van der Waals surface area (Å²) in [5, 5.41) is 11.1. The number of hydrogen-bond acceptors (Lipinski definition) is 7. The molecule has 0 radical (unpaired) electrons. The Morgan fingerprint density at radius 2 is 1.82 bits per heavy atom. The molecule has 2 heterocycles. The number of nitrogens with one attached hydrogen (secondary N) is 1. The first-order chi connectivity index (χ1) is 15.8. The number of anilines is 1. The number of halogens is 2. The zero-order chi connectivity index (χ0) is 23.5. The lowest BCUT2D eigenvalue weighted by atomic mass is 10.2. The summed E-state index contributed by atoms with van der Waals surface area (Å²) in [7, 11) is 1.28. The van der Waals surface area contributed by atoms with E-state index in [9.17, 15) is 18.8 Å². The average Bonchev–Trinajstić information content (AvgIpc) is 3.27. The van der Waals surface area contributed by atoms with E-state index in [2.05, 4.69) is 20.6 Å². The zero-order valence-electron chi connectivity index (χ0n) is 17.2. The van der Waals surface area contributed by atoms with E-state index >= 15 is 0 Å². The number of amides is 1. The number of benzene rings is 2. The van der Waals surface area contributed by atoms with Crippen molar-refractivity contribution in [3.05, 3.63) is 86.1 Å². The van der Waals surface area contributed by atoms with Crippen molar-refractivity contribution in [3.8, 4) is 17.2 Å². The van der Waals surface area contributed by atoms with E-state index in [1.54, 1.807) is 24.3 Å². The van der Waals surface area contributed by atoms with Crippen LogP contribution in [0.25, 0.3) is 17.2 Å². The third-order valence-electron chi connectivity index (χ3n) is 4.62. The maximum Gasteiger partial charge on any atom is 0.351 e. The monoisotopic (exact) mass is 470 g/mol. The Hall–Kier alpha value is -4.12. The summed E-state index contributed by atoms with van der Waals surface area (Å²) < 4.78 is 20.1. The van der Waals surface area contributed by atoms with Gasteiger partial charge in [0.2, 0.25) is 17.6 Å². The largest absolute Gasteiger partial charge is 0.351 e. The van der Waals surface area contributed by atoms with Crippen LogP contribution in [-0.2, 0) is 18.3 Å². The van der Waals surface area contributed by atoms with Gasteiger partial charge in [0.15, 0.2) is 5.69 Å². The fourth-order valence-corrected chi connectivity index (χ4v) is 3.02. The molecule has 0 saturated carbocycles. The van der Waals surface area contributed by atoms with Gasteiger partial charge in [-0.2, -0.15) is 14.8 Å². The van der Waals surface area contributed by atoms with E-state index in [-0.39, 0.29) is 41.8 Å². The molecule has 10 nitrogen and oxygen atoms in total. The Kier molecular flexibility index (Phi) is 6.13. The Bertz CT molecular complexity index is 1430. The molecule has 0 unspecified atom stereocenters. The maximum absolute atomic E-state index is 13.2. The predicted octanol–water partition coefficient (Wildman–Crippen LogP) is 2.35. The second-order valence-electron chi connectivity index (χ2n) is 6.95. The van der Waals surface area contributed by atoms with Gasteiger partial charge in [0, 0.05) is 30.6 Å². The molecule has 1 amide bonds. The highest BCUT2D eigenvalue weighted by molar-refractivity contribution is 6.30. The number of rotatable bonds is 6. The summed E-state index contributed by atoms with van der Waals surface area (Å²) in [6.45, 7) is 0. The molecular formula is C21H16ClFN6O4. The third-order valence-corrected chi connectivity index (χ3v) is 4.87. The number of aryl methyl sites for hydroxylation is 1. The predicted molar refractivity (Wildman–Crippen MR) is 117 cm³/mol. The lowest BCUT2D eigenvalue weighted by Crippen LogP contribution is -2.40. The quantitative estimate of drug-likeness (QED) is 0.458. The first kappa shape index (κ1) is 22.1. The molecule has 33 heavy (non-hydrogen) atoms. The van der Waals surface area contributed by atoms with Crippen molar-refractivity contribution in [1.82, 2.24) is 24.5 Å². The Morgan fingerprint density at radius 3 is 2.52 bits per heavy atom. The molecule has 0 spiro atoms. The van der Waals surface area contributed by atoms with Crippen molar-refractivity contribution in [2.75, 3.05) is 5.32 Å². The molecule has 1 N–H and O–H groups in total. The van der Waals surface area contributed by atoms with Crippen molar-refractivity contribution in [3.63, 3.8) is 0 Å². The van der Waals surface area contributed by atoms with Crippen LogP contribution in [0.2, 0.25) is 5.02 Å². The molecular weight excluding hydrogens is 455 g/mol. The van der Waals surface area contributed by atoms with Crippen molar-refractivity contribution >= 4 is 23.2 Å². The average molecular weight is 471 g/mol. The van der Waals surface area contributed by atoms with E-state index in [4.69, 9.17) is 16.1 Å². The Morgan fingerprint density at radius 1 is 1.12 bits per heavy atom. The molecule has 0 aliphatic rings. The molecule has 2 aromatic heterocycles. The lowest BCUT2D eigenvalue weighted by Gasteiger charge is -2.07. The molecule has 0 fully saturated rings. The lowest BCUT2D eigenvalue weighted by molar-refractivity contribution is -0.116. The highest BCUT2D eigenvalue weighted by atomic mass is 35.5. The molecule has 4 aromatic rings. The van der Waals surface area contributed by atoms with E-state index in [0.717, 1.165) is 21.4 Å². The van der Waals surface area contributed by atoms with Crippen LogP contribution in [0, 0.1) is 5.82 Å². The van der Waals surface area contributed by atoms with Gasteiger partial charge in [-0.15, -0.1) is 0 Å². The highest BCUT2D eigenvalue weighted by Gasteiger charge is 2.19. The van der Waals surface area contributed by atoms with Gasteiger partial charge < -0.3 is 9.84 Å². The van der Waals surface area contributed by atoms with Gasteiger partial charge in [-0.25, -0.2) is 9.18 Å². The van der Waals surface area contributed by atoms with E-state index in [0.29, 0.717) is 10.7 Å². The van der Waals surface area contributed by atoms with E-state index in [1.807, 2.05) is 0 Å². The number of carbonyl (C=O) groups excluding carboxylic acids is 1. The van der Waals surface area contributed by atoms with Crippen LogP contribution in [0.15, 0.2) is 62.6 Å². The van der Waals surface area contributed by atoms with Crippen molar-refractivity contribution < 1.29 is 13.7 Å². The van der Waals surface area contributed by atoms with Gasteiger partial charge >= 0.3 is 5.69 Å². The number of hydrogen-bond donors (Lipinski definition) is 1. The highest BCUT2D eigenvalue weighted by Crippen LogP contribution is 2.15. The van der Waals surface area contributed by atoms with Gasteiger partial charge in [-0.3, -0.25) is 14.2 Å². The summed E-state index contributed by atoms with van der Waals surface area (Å²) >= 11 is 5.82. The van der Waals surface area contributed by atoms with Crippen LogP contribution < -0.4 is 16.6 Å². The number of carbonyl (C=O) groups is 1. The van der Waals surface area contributed by atoms with E-state index < -0.39 is 17.1 Å². The number of nitrogens with zero attached hydrogens (tertiary/aromatic N) is 5. The standard InChI is InChI=1S/C21H16ClFN6O4/c1-28-20(31)18(26-29(21(28)32)15-8-4-13(23)5-9-15)19-25-17(33-27-19)11-10-16(30)24-14-6-2-12(22)3-7-14/h2-9H,10-11H2,1H3,(H,24,30). The second kappa shape index (κ2) is 9.17. The second-order valence-corrected chi connectivity index (χ2v) is 7.39. The fourth-order valence-electron chi connectivity index (χ4n) is 2.89. The molecule has 4 rings (SSSR count). The maximum atomic E-state index is 13.2. The van der Waals surface area contributed by atoms with Crippen molar-refractivity contribution in [1.29, 1.82) is 0 Å². The van der Waals surface area contributed by atoms with Crippen LogP contribution in [-0.4, -0.2) is 30.4 Å². The first-order valence-electron chi connectivity index (χ1n) is 9.66. The summed E-state index contributed by atoms with van der Waals surface area (Å²) in [5.74, 6) is -0.796. The van der Waals surface area contributed by atoms with E-state index in [1.165, 1.54) is 19.2 Å². The third kappa shape index (κ3) is 4.88. The van der Waals surface area contributed by atoms with Gasteiger partial charge in [0.25, 0.3) is 5.56 Å². The van der Waals surface area contributed by atoms with Gasteiger partial charge in [0.05, 0.1) is 5.69 Å². The summed E-state index contributed by atoms with van der Waals surface area (Å²) in [5.41, 5.74) is -0.849. The smallest absolute Gasteiger partial charge is 0.339 e. The van der Waals surface area contributed by atoms with Crippen LogP contribution >= 0.6 is 11.6 Å². The van der Waals surface area contributed by atoms with Crippen LogP contribution in [0.1, 0.15) is 12.3 Å². The zero-order valence-corrected chi connectivity index (χ0v) is 17.9. The minimum Gasteiger partial charge on any atom is -0.339 e. The van der Waals surface area contributed by atoms with Gasteiger partial charge in [-0.05, 0) is 48.5 Å². The van der Waals surface area contributed by atoms with Gasteiger partial charge in [0.1, 0.15) is 5.82 Å². The first-order valence-corrected chi connectivity index (χ1v) is 10.0. The molecule has 0 aliphatic carbocycles. The minimum absolute atomic E-state index is 0.0464. The Balaban J connectivity index is 1.53. The molecule has 0 atom stereocenters. The topological polar surface area (TPSA) is 125 Å². The normalized spacial score (nSPS) is 10.9. The summed E-state index contributed by atoms with van der Waals surface area (Å²) in [6.07, 6.45) is 0.162. The molecule has 12 heteroatoms. The summed E-state index contributed by atoms with van der Waals surface area (Å²) in [6, 6.07) is 11.7.